The van der Waals surface area contributed by atoms with Gasteiger partial charge in [0.1, 0.15) is 5.82 Å². The van der Waals surface area contributed by atoms with Gasteiger partial charge in [-0.25, -0.2) is 13.2 Å². The van der Waals surface area contributed by atoms with E-state index in [9.17, 15) is 22.8 Å². The van der Waals surface area contributed by atoms with Crippen molar-refractivity contribution >= 4 is 23.2 Å². The summed E-state index contributed by atoms with van der Waals surface area (Å²) in [4.78, 5) is 32.6. The first-order chi connectivity index (χ1) is 14.3. The molecule has 0 atom stereocenters. The number of carbonyl (C=O) groups excluding carboxylic acids is 2. The van der Waals surface area contributed by atoms with Crippen molar-refractivity contribution in [2.75, 3.05) is 16.8 Å². The maximum atomic E-state index is 14.5. The van der Waals surface area contributed by atoms with Gasteiger partial charge in [-0.3, -0.25) is 19.6 Å². The fraction of sp³-hybridized carbons (Fsp3) is 0.143. The number of anilines is 2. The zero-order valence-corrected chi connectivity index (χ0v) is 15.8. The Morgan fingerprint density at radius 1 is 1.13 bits per heavy atom. The number of alkyl halides is 2. The van der Waals surface area contributed by atoms with E-state index in [4.69, 9.17) is 0 Å². The van der Waals surface area contributed by atoms with Crippen LogP contribution in [-0.4, -0.2) is 34.8 Å². The van der Waals surface area contributed by atoms with Crippen molar-refractivity contribution in [1.82, 2.24) is 9.97 Å². The van der Waals surface area contributed by atoms with Gasteiger partial charge in [0.05, 0.1) is 35.4 Å². The first-order valence-electron chi connectivity index (χ1n) is 8.88. The summed E-state index contributed by atoms with van der Waals surface area (Å²) in [7, 11) is 0. The second-order valence-corrected chi connectivity index (χ2v) is 6.31. The Morgan fingerprint density at radius 2 is 1.93 bits per heavy atom. The van der Waals surface area contributed by atoms with Crippen LogP contribution in [0.2, 0.25) is 0 Å². The van der Waals surface area contributed by atoms with E-state index in [1.54, 1.807) is 18.3 Å². The highest BCUT2D eigenvalue weighted by atomic mass is 19.3. The van der Waals surface area contributed by atoms with Crippen LogP contribution in [0.3, 0.4) is 0 Å². The number of nitrogens with one attached hydrogen (secondary N) is 1. The summed E-state index contributed by atoms with van der Waals surface area (Å²) in [6, 6.07) is 10.3. The highest BCUT2D eigenvalue weighted by Gasteiger charge is 2.20. The molecule has 154 valence electrons. The zero-order chi connectivity index (χ0) is 21.7. The fourth-order valence-corrected chi connectivity index (χ4v) is 2.76. The largest absolute Gasteiger partial charge is 0.321 e. The summed E-state index contributed by atoms with van der Waals surface area (Å²) in [5.74, 6) is -1.90. The Bertz CT molecular complexity index is 1040. The average molecular weight is 414 g/mol. The molecule has 0 spiro atoms. The summed E-state index contributed by atoms with van der Waals surface area (Å²) < 4.78 is 39.9. The van der Waals surface area contributed by atoms with Crippen molar-refractivity contribution in [1.29, 1.82) is 0 Å². The van der Waals surface area contributed by atoms with E-state index in [0.29, 0.717) is 27.4 Å². The Morgan fingerprint density at radius 3 is 2.50 bits per heavy atom. The Kier molecular flexibility index (Phi) is 6.41. The van der Waals surface area contributed by atoms with Crippen molar-refractivity contribution in [3.05, 3.63) is 72.4 Å². The number of benzene rings is 1. The van der Waals surface area contributed by atoms with E-state index in [1.807, 2.05) is 0 Å². The number of amides is 2. The fourth-order valence-electron chi connectivity index (χ4n) is 2.76. The minimum absolute atomic E-state index is 0.237. The van der Waals surface area contributed by atoms with Gasteiger partial charge in [-0.15, -0.1) is 0 Å². The molecule has 1 aromatic carbocycles. The molecule has 3 aromatic rings. The molecular formula is C21H17F3N4O2. The van der Waals surface area contributed by atoms with Crippen molar-refractivity contribution in [3.8, 4) is 11.3 Å². The quantitative estimate of drug-likeness (QED) is 0.658. The van der Waals surface area contributed by atoms with Gasteiger partial charge in [0.25, 0.3) is 12.3 Å². The summed E-state index contributed by atoms with van der Waals surface area (Å²) >= 11 is 0. The Balaban J connectivity index is 1.78. The van der Waals surface area contributed by atoms with E-state index in [0.717, 1.165) is 13.0 Å². The molecule has 30 heavy (non-hydrogen) atoms. The number of aromatic nitrogens is 2. The average Bonchev–Trinajstić information content (AvgIpc) is 2.73. The van der Waals surface area contributed by atoms with Gasteiger partial charge < -0.3 is 10.2 Å². The third kappa shape index (κ3) is 4.99. The Labute approximate surface area is 170 Å². The van der Waals surface area contributed by atoms with E-state index >= 15 is 0 Å². The second kappa shape index (κ2) is 9.17. The van der Waals surface area contributed by atoms with E-state index < -0.39 is 24.7 Å². The van der Waals surface area contributed by atoms with Crippen LogP contribution in [0.4, 0.5) is 24.5 Å². The highest BCUT2D eigenvalue weighted by Crippen LogP contribution is 2.26. The molecular weight excluding hydrogens is 397 g/mol. The predicted octanol–water partition coefficient (Wildman–Crippen LogP) is 4.15. The molecule has 9 heteroatoms. The smallest absolute Gasteiger partial charge is 0.257 e. The lowest BCUT2D eigenvalue weighted by molar-refractivity contribution is -0.117. The van der Waals surface area contributed by atoms with Gasteiger partial charge in [-0.2, -0.15) is 0 Å². The van der Waals surface area contributed by atoms with Crippen LogP contribution in [-0.2, 0) is 4.79 Å². The topological polar surface area (TPSA) is 75.2 Å². The van der Waals surface area contributed by atoms with Crippen molar-refractivity contribution in [3.63, 3.8) is 0 Å². The number of halogens is 3. The molecule has 0 aliphatic carbocycles. The van der Waals surface area contributed by atoms with Crippen LogP contribution in [0.25, 0.3) is 11.3 Å². The van der Waals surface area contributed by atoms with E-state index in [1.165, 1.54) is 36.7 Å². The van der Waals surface area contributed by atoms with Crippen LogP contribution in [0, 0.1) is 5.82 Å². The zero-order valence-electron chi connectivity index (χ0n) is 15.8. The van der Waals surface area contributed by atoms with E-state index in [-0.39, 0.29) is 11.6 Å². The van der Waals surface area contributed by atoms with Crippen LogP contribution < -0.4 is 10.2 Å². The molecule has 0 saturated carbocycles. The maximum absolute atomic E-state index is 14.5. The molecule has 2 heterocycles. The van der Waals surface area contributed by atoms with Gasteiger partial charge in [0.15, 0.2) is 0 Å². The highest BCUT2D eigenvalue weighted by molar-refractivity contribution is 6.04. The van der Waals surface area contributed by atoms with Crippen molar-refractivity contribution < 1.29 is 22.8 Å². The van der Waals surface area contributed by atoms with Crippen LogP contribution in [0.15, 0.2) is 61.1 Å². The lowest BCUT2D eigenvalue weighted by Gasteiger charge is -2.21. The standard InChI is InChI=1S/C21H17F3N4O2/c1-13(29)28(12-20(23)24)19-7-5-14(9-17(19)22)18-6-4-15(10-26-18)21(30)27-16-3-2-8-25-11-16/h2-11,20H,12H2,1H3,(H,27,30). The second-order valence-electron chi connectivity index (χ2n) is 6.31. The molecule has 6 nitrogen and oxygen atoms in total. The van der Waals surface area contributed by atoms with Crippen LogP contribution in [0.5, 0.6) is 0 Å². The molecule has 0 saturated heterocycles. The molecule has 0 unspecified atom stereocenters. The molecule has 0 aliphatic heterocycles. The molecule has 0 aliphatic rings. The summed E-state index contributed by atoms with van der Waals surface area (Å²) in [5.41, 5.74) is 1.33. The summed E-state index contributed by atoms with van der Waals surface area (Å²) in [5, 5.41) is 2.67. The van der Waals surface area contributed by atoms with Crippen LogP contribution >= 0.6 is 0 Å². The molecule has 0 bridgehead atoms. The third-order valence-corrected chi connectivity index (χ3v) is 4.18. The first-order valence-corrected chi connectivity index (χ1v) is 8.88. The first kappa shape index (κ1) is 21.0. The minimum Gasteiger partial charge on any atom is -0.321 e. The lowest BCUT2D eigenvalue weighted by atomic mass is 10.1. The van der Waals surface area contributed by atoms with Gasteiger partial charge in [-0.05, 0) is 36.4 Å². The third-order valence-electron chi connectivity index (χ3n) is 4.18. The lowest BCUT2D eigenvalue weighted by Crippen LogP contribution is -2.33. The molecule has 1 N–H and O–H groups in total. The normalized spacial score (nSPS) is 10.7. The van der Waals surface area contributed by atoms with Gasteiger partial charge >= 0.3 is 0 Å². The van der Waals surface area contributed by atoms with Crippen molar-refractivity contribution in [2.24, 2.45) is 0 Å². The van der Waals surface area contributed by atoms with Crippen molar-refractivity contribution in [2.45, 2.75) is 13.3 Å². The maximum Gasteiger partial charge on any atom is 0.257 e. The molecule has 0 fully saturated rings. The number of hydrogen-bond acceptors (Lipinski definition) is 4. The summed E-state index contributed by atoms with van der Waals surface area (Å²) in [6.45, 7) is 0.192. The number of pyridine rings is 2. The minimum atomic E-state index is -2.79. The number of nitrogens with zero attached hydrogens (tertiary/aromatic N) is 3. The number of hydrogen-bond donors (Lipinski definition) is 1. The summed E-state index contributed by atoms with van der Waals surface area (Å²) in [6.07, 6.45) is 1.63. The van der Waals surface area contributed by atoms with Gasteiger partial charge in [0, 0.05) is 24.9 Å². The number of rotatable bonds is 6. The Hall–Kier alpha value is -3.75. The molecule has 3 rings (SSSR count). The predicted molar refractivity (Wildman–Crippen MR) is 106 cm³/mol. The van der Waals surface area contributed by atoms with Gasteiger partial charge in [0.2, 0.25) is 5.91 Å². The van der Waals surface area contributed by atoms with E-state index in [2.05, 4.69) is 15.3 Å². The molecule has 2 amide bonds. The SMILES string of the molecule is CC(=O)N(CC(F)F)c1ccc(-c2ccc(C(=O)Nc3cccnc3)cn2)cc1F. The van der Waals surface area contributed by atoms with Crippen LogP contribution in [0.1, 0.15) is 17.3 Å². The number of carbonyl (C=O) groups is 2. The monoisotopic (exact) mass is 414 g/mol. The molecule has 0 radical (unpaired) electrons. The van der Waals surface area contributed by atoms with Gasteiger partial charge in [-0.1, -0.05) is 6.07 Å². The molecule has 2 aromatic heterocycles.